The van der Waals surface area contributed by atoms with Crippen molar-refractivity contribution in [2.45, 2.75) is 11.8 Å². The molecule has 8 heteroatoms. The number of sulfonamides is 1. The smallest absolute Gasteiger partial charge is 0.265 e. The molecular weight excluding hydrogens is 356 g/mol. The summed E-state index contributed by atoms with van der Waals surface area (Å²) in [4.78, 5) is 4.35. The largest absolute Gasteiger partial charge is 0.495 e. The Morgan fingerprint density at radius 1 is 1.22 bits per heavy atom. The van der Waals surface area contributed by atoms with Crippen molar-refractivity contribution in [2.24, 2.45) is 0 Å². The molecule has 0 bridgehead atoms. The van der Waals surface area contributed by atoms with Crippen molar-refractivity contribution in [2.75, 3.05) is 11.8 Å². The lowest BCUT2D eigenvalue weighted by Gasteiger charge is -2.12. The SMILES string of the molecule is COc1ccc(Cl)cc1S(=O)(=O)Nc1ccc2sc(C)nc2c1. The van der Waals surface area contributed by atoms with Crippen molar-refractivity contribution >= 4 is 48.9 Å². The van der Waals surface area contributed by atoms with E-state index in [0.29, 0.717) is 10.7 Å². The third-order valence-corrected chi connectivity index (χ3v) is 5.75. The lowest BCUT2D eigenvalue weighted by atomic mass is 10.3. The molecule has 2 aromatic carbocycles. The highest BCUT2D eigenvalue weighted by molar-refractivity contribution is 7.92. The molecule has 5 nitrogen and oxygen atoms in total. The van der Waals surface area contributed by atoms with Crippen LogP contribution in [0.15, 0.2) is 41.3 Å². The van der Waals surface area contributed by atoms with Gasteiger partial charge in [-0.25, -0.2) is 13.4 Å². The Morgan fingerprint density at radius 2 is 2.00 bits per heavy atom. The summed E-state index contributed by atoms with van der Waals surface area (Å²) in [6.07, 6.45) is 0. The number of benzene rings is 2. The molecule has 0 unspecified atom stereocenters. The van der Waals surface area contributed by atoms with E-state index in [0.717, 1.165) is 15.2 Å². The predicted molar refractivity (Wildman–Crippen MR) is 93.2 cm³/mol. The first-order valence-electron chi connectivity index (χ1n) is 6.62. The number of aromatic nitrogens is 1. The minimum Gasteiger partial charge on any atom is -0.495 e. The van der Waals surface area contributed by atoms with Crippen LogP contribution in [0, 0.1) is 6.92 Å². The number of nitrogens with one attached hydrogen (secondary N) is 1. The Kier molecular flexibility index (Phi) is 4.18. The molecule has 1 N–H and O–H groups in total. The fourth-order valence-electron chi connectivity index (χ4n) is 2.18. The number of anilines is 1. The second-order valence-electron chi connectivity index (χ2n) is 4.82. The minimum absolute atomic E-state index is 0.0120. The Hall–Kier alpha value is -1.83. The number of ether oxygens (including phenoxy) is 1. The number of aryl methyl sites for hydroxylation is 1. The highest BCUT2D eigenvalue weighted by Gasteiger charge is 2.20. The third-order valence-electron chi connectivity index (χ3n) is 3.16. The number of thiazole rings is 1. The fraction of sp³-hybridized carbons (Fsp3) is 0.133. The molecule has 0 saturated carbocycles. The summed E-state index contributed by atoms with van der Waals surface area (Å²) in [5, 5.41) is 1.24. The molecule has 0 saturated heterocycles. The third kappa shape index (κ3) is 3.26. The van der Waals surface area contributed by atoms with Gasteiger partial charge in [0.2, 0.25) is 0 Å². The van der Waals surface area contributed by atoms with E-state index in [2.05, 4.69) is 9.71 Å². The number of rotatable bonds is 4. The molecule has 0 atom stereocenters. The van der Waals surface area contributed by atoms with Gasteiger partial charge in [0.25, 0.3) is 10.0 Å². The van der Waals surface area contributed by atoms with Gasteiger partial charge in [0, 0.05) is 5.02 Å². The second kappa shape index (κ2) is 5.99. The lowest BCUT2D eigenvalue weighted by molar-refractivity contribution is 0.403. The average Bonchev–Trinajstić information content (AvgIpc) is 2.86. The zero-order valence-corrected chi connectivity index (χ0v) is 14.7. The van der Waals surface area contributed by atoms with Gasteiger partial charge >= 0.3 is 0 Å². The zero-order chi connectivity index (χ0) is 16.6. The fourth-order valence-corrected chi connectivity index (χ4v) is 4.47. The summed E-state index contributed by atoms with van der Waals surface area (Å²) in [6.45, 7) is 1.91. The quantitative estimate of drug-likeness (QED) is 0.753. The standard InChI is InChI=1S/C15H13ClN2O3S2/c1-9-17-12-8-11(4-6-14(12)22-9)18-23(19,20)15-7-10(16)3-5-13(15)21-2/h3-8,18H,1-2H3. The summed E-state index contributed by atoms with van der Waals surface area (Å²) in [5.74, 6) is 0.229. The van der Waals surface area contributed by atoms with Crippen LogP contribution in [0.4, 0.5) is 5.69 Å². The molecule has 0 spiro atoms. The van der Waals surface area contributed by atoms with Crippen LogP contribution in [0.5, 0.6) is 5.75 Å². The Bertz CT molecular complexity index is 984. The van der Waals surface area contributed by atoms with Crippen molar-refractivity contribution in [1.29, 1.82) is 0 Å². The number of nitrogens with zero attached hydrogens (tertiary/aromatic N) is 1. The molecule has 0 fully saturated rings. The average molecular weight is 369 g/mol. The van der Waals surface area contributed by atoms with E-state index in [9.17, 15) is 8.42 Å². The van der Waals surface area contributed by atoms with Gasteiger partial charge in [-0.15, -0.1) is 11.3 Å². The van der Waals surface area contributed by atoms with Gasteiger partial charge in [0.15, 0.2) is 0 Å². The predicted octanol–water partition coefficient (Wildman–Crippen LogP) is 4.07. The van der Waals surface area contributed by atoms with Crippen LogP contribution in [-0.2, 0) is 10.0 Å². The van der Waals surface area contributed by atoms with Crippen LogP contribution in [-0.4, -0.2) is 20.5 Å². The van der Waals surface area contributed by atoms with Crippen LogP contribution < -0.4 is 9.46 Å². The Labute approximate surface area is 142 Å². The number of methoxy groups -OCH3 is 1. The summed E-state index contributed by atoms with van der Waals surface area (Å²) < 4.78 is 33.9. The maximum atomic E-state index is 12.6. The molecule has 120 valence electrons. The maximum Gasteiger partial charge on any atom is 0.265 e. The van der Waals surface area contributed by atoms with Crippen molar-refractivity contribution < 1.29 is 13.2 Å². The van der Waals surface area contributed by atoms with E-state index < -0.39 is 10.0 Å². The molecule has 3 aromatic rings. The van der Waals surface area contributed by atoms with Crippen molar-refractivity contribution in [3.63, 3.8) is 0 Å². The van der Waals surface area contributed by atoms with Crippen LogP contribution in [0.25, 0.3) is 10.2 Å². The van der Waals surface area contributed by atoms with E-state index in [1.807, 2.05) is 13.0 Å². The topological polar surface area (TPSA) is 68.3 Å². The van der Waals surface area contributed by atoms with Crippen molar-refractivity contribution in [1.82, 2.24) is 4.98 Å². The van der Waals surface area contributed by atoms with Gasteiger partial charge < -0.3 is 4.74 Å². The summed E-state index contributed by atoms with van der Waals surface area (Å²) in [5.41, 5.74) is 1.19. The van der Waals surface area contributed by atoms with Crippen molar-refractivity contribution in [3.8, 4) is 5.75 Å². The van der Waals surface area contributed by atoms with E-state index in [-0.39, 0.29) is 10.6 Å². The minimum atomic E-state index is -3.82. The molecule has 0 aliphatic heterocycles. The van der Waals surface area contributed by atoms with Gasteiger partial charge in [-0.05, 0) is 43.3 Å². The summed E-state index contributed by atoms with van der Waals surface area (Å²) in [6, 6.07) is 9.69. The van der Waals surface area contributed by atoms with Crippen LogP contribution in [0.1, 0.15) is 5.01 Å². The van der Waals surface area contributed by atoms with Crippen LogP contribution in [0.3, 0.4) is 0 Å². The van der Waals surface area contributed by atoms with E-state index in [1.165, 1.54) is 19.2 Å². The van der Waals surface area contributed by atoms with Gasteiger partial charge in [-0.3, -0.25) is 4.72 Å². The molecule has 1 heterocycles. The van der Waals surface area contributed by atoms with Crippen molar-refractivity contribution in [3.05, 3.63) is 46.4 Å². The highest BCUT2D eigenvalue weighted by Crippen LogP contribution is 2.30. The first kappa shape index (κ1) is 16.0. The molecular formula is C15H13ClN2O3S2. The van der Waals surface area contributed by atoms with Gasteiger partial charge in [-0.1, -0.05) is 11.6 Å². The number of hydrogen-bond acceptors (Lipinski definition) is 5. The van der Waals surface area contributed by atoms with E-state index in [1.54, 1.807) is 29.5 Å². The van der Waals surface area contributed by atoms with Gasteiger partial charge in [0.1, 0.15) is 10.6 Å². The highest BCUT2D eigenvalue weighted by atomic mass is 35.5. The second-order valence-corrected chi connectivity index (χ2v) is 8.14. The first-order chi connectivity index (χ1) is 10.9. The molecule has 0 aliphatic carbocycles. The molecule has 1 aromatic heterocycles. The molecule has 0 amide bonds. The van der Waals surface area contributed by atoms with Gasteiger partial charge in [-0.2, -0.15) is 0 Å². The number of fused-ring (bicyclic) bond motifs is 1. The Balaban J connectivity index is 2.01. The van der Waals surface area contributed by atoms with Gasteiger partial charge in [0.05, 0.1) is 28.0 Å². The number of halogens is 1. The zero-order valence-electron chi connectivity index (χ0n) is 12.3. The summed E-state index contributed by atoms with van der Waals surface area (Å²) in [7, 11) is -2.42. The monoisotopic (exact) mass is 368 g/mol. The van der Waals surface area contributed by atoms with Crippen LogP contribution >= 0.6 is 22.9 Å². The normalized spacial score (nSPS) is 11.6. The number of hydrogen-bond donors (Lipinski definition) is 1. The van der Waals surface area contributed by atoms with E-state index >= 15 is 0 Å². The molecule has 3 rings (SSSR count). The van der Waals surface area contributed by atoms with E-state index in [4.69, 9.17) is 16.3 Å². The lowest BCUT2D eigenvalue weighted by Crippen LogP contribution is -2.14. The molecule has 0 aliphatic rings. The molecule has 0 radical (unpaired) electrons. The summed E-state index contributed by atoms with van der Waals surface area (Å²) >= 11 is 7.46. The first-order valence-corrected chi connectivity index (χ1v) is 9.30. The maximum absolute atomic E-state index is 12.6. The van der Waals surface area contributed by atoms with Crippen LogP contribution in [0.2, 0.25) is 5.02 Å². The molecule has 23 heavy (non-hydrogen) atoms. The Morgan fingerprint density at radius 3 is 2.74 bits per heavy atom.